The summed E-state index contributed by atoms with van der Waals surface area (Å²) in [4.78, 5) is 14.3. The van der Waals surface area contributed by atoms with E-state index in [1.807, 2.05) is 31.2 Å². The van der Waals surface area contributed by atoms with Crippen LogP contribution in [0.1, 0.15) is 18.1 Å². The normalized spacial score (nSPS) is 14.7. The minimum atomic E-state index is -0.222. The molecule has 0 spiro atoms. The molecule has 0 saturated carbocycles. The van der Waals surface area contributed by atoms with E-state index < -0.39 is 0 Å². The first-order valence-corrected chi connectivity index (χ1v) is 9.73. The molecule has 1 N–H and O–H groups in total. The second-order valence-corrected chi connectivity index (χ2v) is 6.90. The summed E-state index contributed by atoms with van der Waals surface area (Å²) in [6, 6.07) is 12.7. The lowest BCUT2D eigenvalue weighted by molar-refractivity contribution is -0.122. The van der Waals surface area contributed by atoms with E-state index in [2.05, 4.69) is 11.2 Å². The molecule has 5 nitrogen and oxygen atoms in total. The maximum atomic E-state index is 12.8. The van der Waals surface area contributed by atoms with Crippen LogP contribution in [-0.2, 0) is 11.3 Å². The first-order chi connectivity index (χ1) is 14.0. The molecule has 0 aromatic heterocycles. The predicted molar refractivity (Wildman–Crippen MR) is 118 cm³/mol. The van der Waals surface area contributed by atoms with Gasteiger partial charge in [0.15, 0.2) is 16.6 Å². The zero-order chi connectivity index (χ0) is 20.8. The van der Waals surface area contributed by atoms with Crippen molar-refractivity contribution in [1.29, 1.82) is 0 Å². The molecular formula is C22H19ClN2O3S. The van der Waals surface area contributed by atoms with Gasteiger partial charge in [0.2, 0.25) is 0 Å². The zero-order valence-corrected chi connectivity index (χ0v) is 17.3. The lowest BCUT2D eigenvalue weighted by Gasteiger charge is -2.14. The standard InChI is InChI=1S/C22H19ClN2O3S/c1-3-11-28-19-10-9-15(13-20(19)27-4-2)12-18-21(26)25(22(29)24-18)14-16-7-5-6-8-17(16)23/h1,5-10,12-13H,4,11,14H2,2H3,(H,24,29)/b18-12-. The van der Waals surface area contributed by atoms with E-state index in [4.69, 9.17) is 39.7 Å². The van der Waals surface area contributed by atoms with Gasteiger partial charge in [-0.25, -0.2) is 0 Å². The van der Waals surface area contributed by atoms with E-state index in [0.717, 1.165) is 11.1 Å². The maximum Gasteiger partial charge on any atom is 0.276 e. The van der Waals surface area contributed by atoms with Gasteiger partial charge in [-0.2, -0.15) is 0 Å². The highest BCUT2D eigenvalue weighted by molar-refractivity contribution is 7.80. The van der Waals surface area contributed by atoms with Gasteiger partial charge in [0.1, 0.15) is 12.3 Å². The van der Waals surface area contributed by atoms with Crippen molar-refractivity contribution in [2.45, 2.75) is 13.5 Å². The van der Waals surface area contributed by atoms with Crippen LogP contribution in [0.3, 0.4) is 0 Å². The third-order valence-electron chi connectivity index (χ3n) is 4.14. The van der Waals surface area contributed by atoms with Crippen LogP contribution < -0.4 is 14.8 Å². The van der Waals surface area contributed by atoms with Gasteiger partial charge in [-0.1, -0.05) is 41.8 Å². The van der Waals surface area contributed by atoms with E-state index in [1.54, 1.807) is 24.3 Å². The third-order valence-corrected chi connectivity index (χ3v) is 4.83. The maximum absolute atomic E-state index is 12.8. The molecule has 29 heavy (non-hydrogen) atoms. The Morgan fingerprint density at radius 1 is 1.24 bits per heavy atom. The molecule has 1 aliphatic rings. The molecule has 2 aromatic carbocycles. The minimum absolute atomic E-state index is 0.145. The van der Waals surface area contributed by atoms with Crippen LogP contribution in [0.4, 0.5) is 0 Å². The summed E-state index contributed by atoms with van der Waals surface area (Å²) in [5, 5.41) is 3.89. The Bertz CT molecular complexity index is 1010. The van der Waals surface area contributed by atoms with Gasteiger partial charge in [-0.15, -0.1) is 6.42 Å². The second kappa shape index (κ2) is 9.46. The molecule has 0 atom stereocenters. The molecule has 1 fully saturated rings. The Balaban J connectivity index is 1.82. The third kappa shape index (κ3) is 4.89. The number of nitrogens with one attached hydrogen (secondary N) is 1. The fourth-order valence-electron chi connectivity index (χ4n) is 2.80. The van der Waals surface area contributed by atoms with Crippen LogP contribution >= 0.6 is 23.8 Å². The lowest BCUT2D eigenvalue weighted by Crippen LogP contribution is -2.30. The molecule has 3 rings (SSSR count). The van der Waals surface area contributed by atoms with Crippen LogP contribution in [0.15, 0.2) is 48.2 Å². The fraction of sp³-hybridized carbons (Fsp3) is 0.182. The summed E-state index contributed by atoms with van der Waals surface area (Å²) in [5.41, 5.74) is 1.96. The van der Waals surface area contributed by atoms with Crippen LogP contribution in [0.2, 0.25) is 5.02 Å². The molecule has 2 aromatic rings. The molecule has 1 heterocycles. The van der Waals surface area contributed by atoms with Crippen molar-refractivity contribution in [3.8, 4) is 23.8 Å². The molecule has 1 saturated heterocycles. The zero-order valence-electron chi connectivity index (χ0n) is 15.8. The number of carbonyl (C=O) groups is 1. The largest absolute Gasteiger partial charge is 0.490 e. The van der Waals surface area contributed by atoms with E-state index >= 15 is 0 Å². The van der Waals surface area contributed by atoms with Gasteiger partial charge in [-0.05, 0) is 54.5 Å². The van der Waals surface area contributed by atoms with Gasteiger partial charge < -0.3 is 14.8 Å². The lowest BCUT2D eigenvalue weighted by atomic mass is 10.1. The Labute approximate surface area is 180 Å². The van der Waals surface area contributed by atoms with Crippen LogP contribution in [0.25, 0.3) is 6.08 Å². The van der Waals surface area contributed by atoms with Crippen LogP contribution in [0.5, 0.6) is 11.5 Å². The molecule has 7 heteroatoms. The second-order valence-electron chi connectivity index (χ2n) is 6.10. The van der Waals surface area contributed by atoms with Crippen molar-refractivity contribution in [2.75, 3.05) is 13.2 Å². The summed E-state index contributed by atoms with van der Waals surface area (Å²) in [5.74, 6) is 3.31. The Hall–Kier alpha value is -3.01. The van der Waals surface area contributed by atoms with Crippen molar-refractivity contribution < 1.29 is 14.3 Å². The van der Waals surface area contributed by atoms with Gasteiger partial charge in [0, 0.05) is 5.02 Å². The van der Waals surface area contributed by atoms with Crippen molar-refractivity contribution in [3.63, 3.8) is 0 Å². The smallest absolute Gasteiger partial charge is 0.276 e. The molecular weight excluding hydrogens is 408 g/mol. The van der Waals surface area contributed by atoms with Gasteiger partial charge in [-0.3, -0.25) is 9.69 Å². The number of rotatable bonds is 7. The molecule has 1 amide bonds. The minimum Gasteiger partial charge on any atom is -0.490 e. The topological polar surface area (TPSA) is 50.8 Å². The molecule has 0 aliphatic carbocycles. The number of halogens is 1. The van der Waals surface area contributed by atoms with Crippen LogP contribution in [-0.4, -0.2) is 29.1 Å². The number of carbonyl (C=O) groups excluding carboxylic acids is 1. The quantitative estimate of drug-likeness (QED) is 0.412. The number of terminal acetylenes is 1. The molecule has 148 valence electrons. The number of ether oxygens (including phenoxy) is 2. The van der Waals surface area contributed by atoms with E-state index in [-0.39, 0.29) is 12.5 Å². The number of hydrogen-bond acceptors (Lipinski definition) is 4. The molecule has 1 aliphatic heterocycles. The Morgan fingerprint density at radius 2 is 2.03 bits per heavy atom. The fourth-order valence-corrected chi connectivity index (χ4v) is 3.25. The molecule has 0 radical (unpaired) electrons. The average molecular weight is 427 g/mol. The van der Waals surface area contributed by atoms with E-state index in [0.29, 0.717) is 40.5 Å². The summed E-state index contributed by atoms with van der Waals surface area (Å²) in [6.45, 7) is 2.79. The number of nitrogens with zero attached hydrogens (tertiary/aromatic N) is 1. The Morgan fingerprint density at radius 3 is 2.76 bits per heavy atom. The number of amides is 1. The Kier molecular flexibility index (Phi) is 6.76. The van der Waals surface area contributed by atoms with Crippen molar-refractivity contribution in [2.24, 2.45) is 0 Å². The first kappa shape index (κ1) is 20.7. The summed E-state index contributed by atoms with van der Waals surface area (Å²) < 4.78 is 11.1. The molecule has 0 bridgehead atoms. The number of thiocarbonyl (C=S) groups is 1. The van der Waals surface area contributed by atoms with Gasteiger partial charge in [0.05, 0.1) is 13.2 Å². The number of hydrogen-bond donors (Lipinski definition) is 1. The predicted octanol–water partition coefficient (Wildman–Crippen LogP) is 4.01. The number of benzene rings is 2. The SMILES string of the molecule is C#CCOc1ccc(/C=C2\NC(=S)N(Cc3ccccc3Cl)C2=O)cc1OCC. The first-order valence-electron chi connectivity index (χ1n) is 8.94. The van der Waals surface area contributed by atoms with E-state index in [9.17, 15) is 4.79 Å². The average Bonchev–Trinajstić information content (AvgIpc) is 2.96. The van der Waals surface area contributed by atoms with E-state index in [1.165, 1.54) is 4.90 Å². The molecule has 0 unspecified atom stereocenters. The highest BCUT2D eigenvalue weighted by Crippen LogP contribution is 2.30. The van der Waals surface area contributed by atoms with Crippen molar-refractivity contribution >= 4 is 40.9 Å². The summed E-state index contributed by atoms with van der Waals surface area (Å²) >= 11 is 11.5. The monoisotopic (exact) mass is 426 g/mol. The highest BCUT2D eigenvalue weighted by Gasteiger charge is 2.31. The highest BCUT2D eigenvalue weighted by atomic mass is 35.5. The summed E-state index contributed by atoms with van der Waals surface area (Å²) in [7, 11) is 0. The van der Waals surface area contributed by atoms with Crippen molar-refractivity contribution in [1.82, 2.24) is 10.2 Å². The van der Waals surface area contributed by atoms with Gasteiger partial charge in [0.25, 0.3) is 5.91 Å². The van der Waals surface area contributed by atoms with Crippen LogP contribution in [0, 0.1) is 12.3 Å². The van der Waals surface area contributed by atoms with Gasteiger partial charge >= 0.3 is 0 Å². The summed E-state index contributed by atoms with van der Waals surface area (Å²) in [6.07, 6.45) is 6.97. The van der Waals surface area contributed by atoms with Crippen molar-refractivity contribution in [3.05, 3.63) is 64.3 Å².